The van der Waals surface area contributed by atoms with Crippen LogP contribution in [0, 0.1) is 13.8 Å². The number of amides is 1. The van der Waals surface area contributed by atoms with Gasteiger partial charge in [0.15, 0.2) is 5.79 Å². The summed E-state index contributed by atoms with van der Waals surface area (Å²) >= 11 is 0. The summed E-state index contributed by atoms with van der Waals surface area (Å²) in [6.07, 6.45) is 5.50. The van der Waals surface area contributed by atoms with E-state index in [-0.39, 0.29) is 24.3 Å². The predicted molar refractivity (Wildman–Crippen MR) is 81.4 cm³/mol. The first kappa shape index (κ1) is 15.5. The molecule has 1 aromatic rings. The molecule has 122 valence electrons. The molecule has 2 fully saturated rings. The lowest BCUT2D eigenvalue weighted by molar-refractivity contribution is -0.186. The van der Waals surface area contributed by atoms with Crippen LogP contribution < -0.4 is 5.32 Å². The molecule has 1 spiro atoms. The van der Waals surface area contributed by atoms with E-state index in [1.165, 1.54) is 6.42 Å². The van der Waals surface area contributed by atoms with Gasteiger partial charge in [-0.2, -0.15) is 5.10 Å². The monoisotopic (exact) mass is 307 g/mol. The van der Waals surface area contributed by atoms with Gasteiger partial charge >= 0.3 is 0 Å². The van der Waals surface area contributed by atoms with Gasteiger partial charge in [-0.05, 0) is 32.8 Å². The fourth-order valence-corrected chi connectivity index (χ4v) is 3.32. The molecule has 3 rings (SSSR count). The molecule has 2 heterocycles. The zero-order chi connectivity index (χ0) is 15.6. The minimum absolute atomic E-state index is 0.0393. The van der Waals surface area contributed by atoms with Crippen LogP contribution in [-0.2, 0) is 20.8 Å². The lowest BCUT2D eigenvalue weighted by Crippen LogP contribution is -2.38. The Balaban J connectivity index is 1.45. The van der Waals surface area contributed by atoms with Gasteiger partial charge in [-0.3, -0.25) is 9.48 Å². The third-order valence-electron chi connectivity index (χ3n) is 4.45. The lowest BCUT2D eigenvalue weighted by Gasteiger charge is -2.31. The highest BCUT2D eigenvalue weighted by molar-refractivity contribution is 5.75. The smallest absolute Gasteiger partial charge is 0.241 e. The maximum absolute atomic E-state index is 12.0. The maximum atomic E-state index is 12.0. The number of aromatic nitrogens is 2. The second-order valence-corrected chi connectivity index (χ2v) is 6.41. The molecule has 6 heteroatoms. The van der Waals surface area contributed by atoms with E-state index in [2.05, 4.69) is 10.4 Å². The van der Waals surface area contributed by atoms with Crippen molar-refractivity contribution in [1.29, 1.82) is 0 Å². The summed E-state index contributed by atoms with van der Waals surface area (Å²) in [5.41, 5.74) is 1.92. The highest BCUT2D eigenvalue weighted by Gasteiger charge is 2.42. The molecule has 0 aromatic carbocycles. The van der Waals surface area contributed by atoms with Crippen LogP contribution in [0.3, 0.4) is 0 Å². The Morgan fingerprint density at radius 3 is 2.86 bits per heavy atom. The molecule has 1 saturated heterocycles. The van der Waals surface area contributed by atoms with E-state index < -0.39 is 0 Å². The summed E-state index contributed by atoms with van der Waals surface area (Å²) in [5.74, 6) is -0.414. The third kappa shape index (κ3) is 3.50. The molecular weight excluding hydrogens is 282 g/mol. The summed E-state index contributed by atoms with van der Waals surface area (Å²) in [5, 5.41) is 7.22. The van der Waals surface area contributed by atoms with Crippen LogP contribution in [0.5, 0.6) is 0 Å². The van der Waals surface area contributed by atoms with E-state index in [9.17, 15) is 4.79 Å². The van der Waals surface area contributed by atoms with E-state index >= 15 is 0 Å². The molecule has 1 amide bonds. The van der Waals surface area contributed by atoms with Gasteiger partial charge in [0.05, 0.1) is 12.3 Å². The van der Waals surface area contributed by atoms with Crippen molar-refractivity contribution in [3.63, 3.8) is 0 Å². The van der Waals surface area contributed by atoms with Gasteiger partial charge in [0.25, 0.3) is 0 Å². The molecule has 1 aliphatic carbocycles. The molecule has 1 atom stereocenters. The van der Waals surface area contributed by atoms with E-state index in [1.807, 2.05) is 19.9 Å². The highest BCUT2D eigenvalue weighted by atomic mass is 16.7. The zero-order valence-corrected chi connectivity index (χ0v) is 13.4. The van der Waals surface area contributed by atoms with Crippen molar-refractivity contribution in [3.8, 4) is 0 Å². The van der Waals surface area contributed by atoms with Crippen LogP contribution >= 0.6 is 0 Å². The fraction of sp³-hybridized carbons (Fsp3) is 0.750. The summed E-state index contributed by atoms with van der Waals surface area (Å²) < 4.78 is 13.7. The summed E-state index contributed by atoms with van der Waals surface area (Å²) in [7, 11) is 0. The van der Waals surface area contributed by atoms with Crippen LogP contribution in [0.1, 0.15) is 43.5 Å². The second-order valence-electron chi connectivity index (χ2n) is 6.41. The predicted octanol–water partition coefficient (Wildman–Crippen LogP) is 1.69. The number of rotatable bonds is 4. The Labute approximate surface area is 131 Å². The summed E-state index contributed by atoms with van der Waals surface area (Å²) in [6.45, 7) is 5.20. The molecule has 0 bridgehead atoms. The SMILES string of the molecule is Cc1cc(C)n(CC(=O)NCC2COC3(CCCCC3)O2)n1. The first-order chi connectivity index (χ1) is 10.6. The standard InChI is InChI=1S/C16H25N3O3/c1-12-8-13(2)19(18-12)10-15(20)17-9-14-11-21-16(22-14)6-4-3-5-7-16/h8,14H,3-7,9-11H2,1-2H3,(H,17,20). The Bertz CT molecular complexity index is 535. The number of ether oxygens (including phenoxy) is 2. The van der Waals surface area contributed by atoms with Crippen molar-refractivity contribution in [3.05, 3.63) is 17.5 Å². The van der Waals surface area contributed by atoms with E-state index in [0.717, 1.165) is 37.1 Å². The van der Waals surface area contributed by atoms with Gasteiger partial charge in [-0.15, -0.1) is 0 Å². The molecule has 1 N–H and O–H groups in total. The number of hydrogen-bond acceptors (Lipinski definition) is 4. The van der Waals surface area contributed by atoms with Gasteiger partial charge in [0, 0.05) is 25.1 Å². The van der Waals surface area contributed by atoms with Crippen LogP contribution in [-0.4, -0.2) is 40.7 Å². The Morgan fingerprint density at radius 1 is 1.41 bits per heavy atom. The molecule has 1 aliphatic heterocycles. The number of nitrogens with one attached hydrogen (secondary N) is 1. The van der Waals surface area contributed by atoms with Crippen LogP contribution in [0.15, 0.2) is 6.07 Å². The molecule has 1 saturated carbocycles. The van der Waals surface area contributed by atoms with Crippen LogP contribution in [0.4, 0.5) is 0 Å². The van der Waals surface area contributed by atoms with Gasteiger partial charge in [-0.1, -0.05) is 6.42 Å². The van der Waals surface area contributed by atoms with Crippen LogP contribution in [0.2, 0.25) is 0 Å². The van der Waals surface area contributed by atoms with Crippen molar-refractivity contribution >= 4 is 5.91 Å². The number of aryl methyl sites for hydroxylation is 2. The van der Waals surface area contributed by atoms with Crippen molar-refractivity contribution in [1.82, 2.24) is 15.1 Å². The topological polar surface area (TPSA) is 65.4 Å². The van der Waals surface area contributed by atoms with Crippen LogP contribution in [0.25, 0.3) is 0 Å². The van der Waals surface area contributed by atoms with Gasteiger partial charge < -0.3 is 14.8 Å². The largest absolute Gasteiger partial charge is 0.352 e. The van der Waals surface area contributed by atoms with Crippen molar-refractivity contribution in [2.75, 3.05) is 13.2 Å². The van der Waals surface area contributed by atoms with E-state index in [1.54, 1.807) is 4.68 Å². The van der Waals surface area contributed by atoms with Gasteiger partial charge in [0.1, 0.15) is 12.6 Å². The highest BCUT2D eigenvalue weighted by Crippen LogP contribution is 2.37. The number of hydrogen-bond donors (Lipinski definition) is 1. The Kier molecular flexibility index (Phi) is 4.49. The lowest BCUT2D eigenvalue weighted by atomic mass is 9.94. The maximum Gasteiger partial charge on any atom is 0.241 e. The van der Waals surface area contributed by atoms with Gasteiger partial charge in [-0.25, -0.2) is 0 Å². The number of carbonyl (C=O) groups is 1. The van der Waals surface area contributed by atoms with E-state index in [4.69, 9.17) is 9.47 Å². The average Bonchev–Trinajstić information content (AvgIpc) is 3.01. The minimum atomic E-state index is -0.372. The minimum Gasteiger partial charge on any atom is -0.352 e. The van der Waals surface area contributed by atoms with E-state index in [0.29, 0.717) is 13.2 Å². The normalized spacial score (nSPS) is 23.8. The molecular formula is C16H25N3O3. The van der Waals surface area contributed by atoms with Crippen molar-refractivity contribution < 1.29 is 14.3 Å². The van der Waals surface area contributed by atoms with Crippen molar-refractivity contribution in [2.24, 2.45) is 0 Å². The second kappa shape index (κ2) is 6.38. The molecule has 6 nitrogen and oxygen atoms in total. The number of carbonyl (C=O) groups excluding carboxylic acids is 1. The molecule has 2 aliphatic rings. The summed E-state index contributed by atoms with van der Waals surface area (Å²) in [4.78, 5) is 12.0. The zero-order valence-electron chi connectivity index (χ0n) is 13.4. The molecule has 1 aromatic heterocycles. The Hall–Kier alpha value is -1.40. The fourth-order valence-electron chi connectivity index (χ4n) is 3.32. The Morgan fingerprint density at radius 2 is 2.18 bits per heavy atom. The average molecular weight is 307 g/mol. The summed E-state index contributed by atoms with van der Waals surface area (Å²) in [6, 6.07) is 1.97. The molecule has 1 unspecified atom stereocenters. The number of nitrogens with zero attached hydrogens (tertiary/aromatic N) is 2. The first-order valence-corrected chi connectivity index (χ1v) is 8.16. The third-order valence-corrected chi connectivity index (χ3v) is 4.45. The quantitative estimate of drug-likeness (QED) is 0.919. The molecule has 0 radical (unpaired) electrons. The first-order valence-electron chi connectivity index (χ1n) is 8.16. The van der Waals surface area contributed by atoms with Crippen molar-refractivity contribution in [2.45, 2.75) is 64.4 Å². The van der Waals surface area contributed by atoms with Gasteiger partial charge in [0.2, 0.25) is 5.91 Å². The molecule has 22 heavy (non-hydrogen) atoms.